The van der Waals surface area contributed by atoms with Crippen molar-refractivity contribution in [3.05, 3.63) is 59.4 Å². The Labute approximate surface area is 172 Å². The Kier molecular flexibility index (Phi) is 9.84. The van der Waals surface area contributed by atoms with Crippen molar-refractivity contribution in [3.8, 4) is 0 Å². The Balaban J connectivity index is 1.41. The van der Waals surface area contributed by atoms with Gasteiger partial charge in [-0.2, -0.15) is 0 Å². The van der Waals surface area contributed by atoms with Gasteiger partial charge in [-0.25, -0.2) is 0 Å². The smallest absolute Gasteiger partial charge is 0.0985 e. The monoisotopic (exact) mass is 384 g/mol. The van der Waals surface area contributed by atoms with Crippen LogP contribution in [0.5, 0.6) is 0 Å². The van der Waals surface area contributed by atoms with Crippen molar-refractivity contribution in [1.82, 2.24) is 0 Å². The summed E-state index contributed by atoms with van der Waals surface area (Å²) in [5, 5.41) is 20.3. The quantitative estimate of drug-likeness (QED) is 0.351. The van der Waals surface area contributed by atoms with Crippen molar-refractivity contribution < 1.29 is 10.2 Å². The third-order valence-corrected chi connectivity index (χ3v) is 6.15. The van der Waals surface area contributed by atoms with E-state index in [9.17, 15) is 10.2 Å². The van der Waals surface area contributed by atoms with E-state index in [4.69, 9.17) is 0 Å². The summed E-state index contributed by atoms with van der Waals surface area (Å²) in [6, 6.07) is 10.8. The average Bonchev–Trinajstić information content (AvgIpc) is 2.67. The van der Waals surface area contributed by atoms with E-state index in [-0.39, 0.29) is 5.92 Å². The summed E-state index contributed by atoms with van der Waals surface area (Å²) in [5.74, 6) is 0.0980. The van der Waals surface area contributed by atoms with Gasteiger partial charge >= 0.3 is 0 Å². The van der Waals surface area contributed by atoms with Crippen LogP contribution in [0.4, 0.5) is 0 Å². The molecule has 0 radical (unpaired) electrons. The van der Waals surface area contributed by atoms with Crippen LogP contribution in [0.3, 0.4) is 0 Å². The zero-order valence-corrected chi connectivity index (χ0v) is 18.0. The van der Waals surface area contributed by atoms with Crippen LogP contribution in [0.25, 0.3) is 0 Å². The lowest BCUT2D eigenvalue weighted by Crippen LogP contribution is -2.34. The van der Waals surface area contributed by atoms with Gasteiger partial charge < -0.3 is 10.2 Å². The molecular weight excluding hydrogens is 344 g/mol. The Hall–Kier alpha value is -1.54. The van der Waals surface area contributed by atoms with E-state index in [1.165, 1.54) is 69.8 Å². The average molecular weight is 385 g/mol. The minimum atomic E-state index is -0.921. The molecule has 0 heterocycles. The van der Waals surface area contributed by atoms with Crippen LogP contribution < -0.4 is 0 Å². The molecule has 2 unspecified atom stereocenters. The Bertz CT molecular complexity index is 613. The number of allylic oxidation sites excluding steroid dienone is 2. The first-order chi connectivity index (χ1) is 13.5. The molecule has 0 saturated carbocycles. The number of unbranched alkanes of at least 4 members (excludes halogenated alkanes) is 9. The van der Waals surface area contributed by atoms with Crippen LogP contribution in [0.15, 0.2) is 53.8 Å². The summed E-state index contributed by atoms with van der Waals surface area (Å²) in [4.78, 5) is 0. The number of hydrogen-bond donors (Lipinski definition) is 2. The lowest BCUT2D eigenvalue weighted by molar-refractivity contribution is 0.0481. The Morgan fingerprint density at radius 1 is 0.786 bits per heavy atom. The van der Waals surface area contributed by atoms with Crippen molar-refractivity contribution in [1.29, 1.82) is 0 Å². The third kappa shape index (κ3) is 8.22. The molecular formula is C26H40O2. The molecule has 2 N–H and O–H groups in total. The van der Waals surface area contributed by atoms with Crippen molar-refractivity contribution in [2.45, 2.75) is 96.5 Å². The van der Waals surface area contributed by atoms with Crippen molar-refractivity contribution in [2.75, 3.05) is 0 Å². The number of benzene rings is 1. The molecule has 2 atom stereocenters. The molecule has 2 heteroatoms. The number of aliphatic hydroxyl groups excluding tert-OH is 1. The minimum Gasteiger partial charge on any atom is -0.512 e. The Morgan fingerprint density at radius 2 is 1.29 bits per heavy atom. The predicted octanol–water partition coefficient (Wildman–Crippen LogP) is 7.29. The van der Waals surface area contributed by atoms with E-state index < -0.39 is 5.60 Å². The zero-order valence-electron chi connectivity index (χ0n) is 18.0. The van der Waals surface area contributed by atoms with Crippen LogP contribution in [0.1, 0.15) is 90.0 Å². The molecule has 2 rings (SSSR count). The molecule has 28 heavy (non-hydrogen) atoms. The molecule has 156 valence electrons. The van der Waals surface area contributed by atoms with Crippen molar-refractivity contribution >= 4 is 0 Å². The molecule has 2 nitrogen and oxygen atoms in total. The standard InChI is InChI=1S/C26H40O2/c1-22-25(27)20-24(21-26(22,2)28)19-13-10-8-6-4-3-5-7-9-12-16-23-17-14-11-15-18-23/h11,14-15,17-18,20-22,27-28H,3-10,12-13,16,19H2,1-2H3. The van der Waals surface area contributed by atoms with Crippen molar-refractivity contribution in [3.63, 3.8) is 0 Å². The van der Waals surface area contributed by atoms with Gasteiger partial charge in [0.25, 0.3) is 0 Å². The van der Waals surface area contributed by atoms with E-state index in [1.54, 1.807) is 6.92 Å². The predicted molar refractivity (Wildman–Crippen MR) is 120 cm³/mol. The maximum atomic E-state index is 10.3. The highest BCUT2D eigenvalue weighted by Crippen LogP contribution is 2.32. The molecule has 0 aliphatic heterocycles. The summed E-state index contributed by atoms with van der Waals surface area (Å²) < 4.78 is 0. The van der Waals surface area contributed by atoms with Crippen LogP contribution >= 0.6 is 0 Å². The van der Waals surface area contributed by atoms with E-state index >= 15 is 0 Å². The topological polar surface area (TPSA) is 40.5 Å². The van der Waals surface area contributed by atoms with Crippen LogP contribution in [0.2, 0.25) is 0 Å². The second kappa shape index (κ2) is 12.1. The number of rotatable bonds is 13. The maximum Gasteiger partial charge on any atom is 0.0985 e. The van der Waals surface area contributed by atoms with Gasteiger partial charge in [-0.3, -0.25) is 0 Å². The molecule has 0 amide bonds. The zero-order chi connectivity index (χ0) is 20.2. The second-order valence-corrected chi connectivity index (χ2v) is 8.76. The van der Waals surface area contributed by atoms with E-state index in [1.807, 2.05) is 19.1 Å². The van der Waals surface area contributed by atoms with E-state index in [0.29, 0.717) is 5.76 Å². The van der Waals surface area contributed by atoms with Gasteiger partial charge in [0.15, 0.2) is 0 Å². The highest BCUT2D eigenvalue weighted by Gasteiger charge is 2.32. The SMILES string of the molecule is CC1C(O)=CC(CCCCCCCCCCCCc2ccccc2)=CC1(C)O. The maximum absolute atomic E-state index is 10.3. The first-order valence-corrected chi connectivity index (χ1v) is 11.4. The van der Waals surface area contributed by atoms with Gasteiger partial charge in [0.2, 0.25) is 0 Å². The van der Waals surface area contributed by atoms with Gasteiger partial charge in [0.1, 0.15) is 0 Å². The lowest BCUT2D eigenvalue weighted by Gasteiger charge is -2.31. The van der Waals surface area contributed by atoms with Gasteiger partial charge in [-0.05, 0) is 55.9 Å². The van der Waals surface area contributed by atoms with E-state index in [0.717, 1.165) is 18.4 Å². The molecule has 0 saturated heterocycles. The highest BCUT2D eigenvalue weighted by molar-refractivity contribution is 5.32. The summed E-state index contributed by atoms with van der Waals surface area (Å²) in [6.07, 6.45) is 19.1. The molecule has 0 bridgehead atoms. The molecule has 1 aliphatic carbocycles. The van der Waals surface area contributed by atoms with Gasteiger partial charge in [-0.1, -0.05) is 88.6 Å². The van der Waals surface area contributed by atoms with Crippen LogP contribution in [0, 0.1) is 5.92 Å². The normalized spacial score (nSPS) is 22.0. The van der Waals surface area contributed by atoms with Crippen molar-refractivity contribution in [2.24, 2.45) is 5.92 Å². The first kappa shape index (κ1) is 22.7. The molecule has 1 aromatic rings. The Morgan fingerprint density at radius 3 is 1.82 bits per heavy atom. The largest absolute Gasteiger partial charge is 0.512 e. The fraction of sp³-hybridized carbons (Fsp3) is 0.615. The molecule has 0 fully saturated rings. The fourth-order valence-corrected chi connectivity index (χ4v) is 4.02. The number of aliphatic hydroxyl groups is 2. The summed E-state index contributed by atoms with van der Waals surface area (Å²) in [7, 11) is 0. The van der Waals surface area contributed by atoms with Gasteiger partial charge in [0, 0.05) is 5.92 Å². The summed E-state index contributed by atoms with van der Waals surface area (Å²) in [5.41, 5.74) is 1.63. The summed E-state index contributed by atoms with van der Waals surface area (Å²) in [6.45, 7) is 3.64. The minimum absolute atomic E-state index is 0.213. The summed E-state index contributed by atoms with van der Waals surface area (Å²) >= 11 is 0. The molecule has 1 aromatic carbocycles. The first-order valence-electron chi connectivity index (χ1n) is 11.4. The fourth-order valence-electron chi connectivity index (χ4n) is 4.02. The van der Waals surface area contributed by atoms with E-state index in [2.05, 4.69) is 30.3 Å². The van der Waals surface area contributed by atoms with Crippen LogP contribution in [-0.2, 0) is 6.42 Å². The van der Waals surface area contributed by atoms with Gasteiger partial charge in [-0.15, -0.1) is 0 Å². The number of aryl methyl sites for hydroxylation is 1. The molecule has 1 aliphatic rings. The highest BCUT2D eigenvalue weighted by atomic mass is 16.3. The number of hydrogen-bond acceptors (Lipinski definition) is 2. The second-order valence-electron chi connectivity index (χ2n) is 8.76. The molecule has 0 spiro atoms. The molecule has 0 aromatic heterocycles. The van der Waals surface area contributed by atoms with Crippen LogP contribution in [-0.4, -0.2) is 15.8 Å². The van der Waals surface area contributed by atoms with Gasteiger partial charge in [0.05, 0.1) is 11.4 Å². The lowest BCUT2D eigenvalue weighted by atomic mass is 9.82. The third-order valence-electron chi connectivity index (χ3n) is 6.15.